The van der Waals surface area contributed by atoms with E-state index in [0.29, 0.717) is 27.6 Å². The molecule has 1 aromatic heterocycles. The molecule has 0 radical (unpaired) electrons. The topological polar surface area (TPSA) is 44.1 Å². The molecule has 4 rings (SSSR count). The van der Waals surface area contributed by atoms with E-state index in [4.69, 9.17) is 21.3 Å². The number of hydrogen-bond donors (Lipinski definition) is 0. The number of halogens is 2. The lowest BCUT2D eigenvalue weighted by molar-refractivity contribution is 0.0937. The lowest BCUT2D eigenvalue weighted by atomic mass is 10.2. The van der Waals surface area contributed by atoms with Gasteiger partial charge in [-0.2, -0.15) is 0 Å². The van der Waals surface area contributed by atoms with Gasteiger partial charge in [-0.15, -0.1) is 0 Å². The van der Waals surface area contributed by atoms with Gasteiger partial charge in [-0.3, -0.25) is 9.36 Å². The summed E-state index contributed by atoms with van der Waals surface area (Å²) in [4.78, 5) is 17.9. The monoisotopic (exact) mass is 418 g/mol. The fraction of sp³-hybridized carbons (Fsp3) is 0.333. The van der Waals surface area contributed by atoms with Gasteiger partial charge >= 0.3 is 0 Å². The van der Waals surface area contributed by atoms with Gasteiger partial charge in [0.2, 0.25) is 0 Å². The van der Waals surface area contributed by atoms with Gasteiger partial charge in [-0.1, -0.05) is 35.5 Å². The van der Waals surface area contributed by atoms with E-state index in [1.54, 1.807) is 34.9 Å². The first-order valence-corrected chi connectivity index (χ1v) is 10.5. The van der Waals surface area contributed by atoms with Crippen molar-refractivity contribution < 1.29 is 9.13 Å². The average molecular weight is 419 g/mol. The summed E-state index contributed by atoms with van der Waals surface area (Å²) in [6, 6.07) is 11.5. The number of benzene rings is 2. The van der Waals surface area contributed by atoms with Gasteiger partial charge in [0.15, 0.2) is 5.16 Å². The van der Waals surface area contributed by atoms with Crippen LogP contribution in [0.3, 0.4) is 0 Å². The van der Waals surface area contributed by atoms with Crippen LogP contribution >= 0.6 is 23.4 Å². The van der Waals surface area contributed by atoms with Gasteiger partial charge in [0, 0.05) is 16.9 Å². The van der Waals surface area contributed by atoms with E-state index in [0.717, 1.165) is 25.0 Å². The maximum atomic E-state index is 13.2. The number of rotatable bonds is 5. The Kier molecular flexibility index (Phi) is 5.71. The molecule has 0 amide bonds. The molecule has 0 N–H and O–H groups in total. The Bertz CT molecular complexity index is 1050. The molecule has 0 aliphatic carbocycles. The van der Waals surface area contributed by atoms with Crippen molar-refractivity contribution in [1.82, 2.24) is 9.55 Å². The maximum absolute atomic E-state index is 13.2. The van der Waals surface area contributed by atoms with E-state index >= 15 is 0 Å². The zero-order chi connectivity index (χ0) is 19.7. The Labute approximate surface area is 171 Å². The van der Waals surface area contributed by atoms with E-state index in [-0.39, 0.29) is 22.7 Å². The van der Waals surface area contributed by atoms with Gasteiger partial charge in [0.05, 0.1) is 23.6 Å². The van der Waals surface area contributed by atoms with Gasteiger partial charge < -0.3 is 4.74 Å². The van der Waals surface area contributed by atoms with E-state index in [1.807, 2.05) is 6.92 Å². The van der Waals surface area contributed by atoms with E-state index in [2.05, 4.69) is 0 Å². The molecular formula is C21H20ClFN2O2S. The number of ether oxygens (including phenoxy) is 1. The standard InChI is InChI=1S/C21H20ClFN2O2S/c1-13(14-4-7-16(23)8-5-14)28-21-24-19-11-15(22)6-9-18(19)20(26)25(21)12-17-3-2-10-27-17/h4-9,11,13,17H,2-3,10,12H2,1H3/t13-,17-/m0/s1. The lowest BCUT2D eigenvalue weighted by Gasteiger charge is -2.19. The molecule has 3 aromatic rings. The van der Waals surface area contributed by atoms with Crippen LogP contribution in [-0.2, 0) is 11.3 Å². The van der Waals surface area contributed by atoms with Crippen LogP contribution in [0.4, 0.5) is 4.39 Å². The van der Waals surface area contributed by atoms with Crippen molar-refractivity contribution in [2.45, 2.75) is 42.8 Å². The third-order valence-corrected chi connectivity index (χ3v) is 6.30. The van der Waals surface area contributed by atoms with Crippen LogP contribution in [0.5, 0.6) is 0 Å². The van der Waals surface area contributed by atoms with Crippen molar-refractivity contribution in [3.8, 4) is 0 Å². The highest BCUT2D eigenvalue weighted by atomic mass is 35.5. The first kappa shape index (κ1) is 19.4. The highest BCUT2D eigenvalue weighted by molar-refractivity contribution is 7.99. The largest absolute Gasteiger partial charge is 0.376 e. The second-order valence-corrected chi connectivity index (χ2v) is 8.66. The highest BCUT2D eigenvalue weighted by Gasteiger charge is 2.21. The quantitative estimate of drug-likeness (QED) is 0.421. The normalized spacial score (nSPS) is 17.9. The molecule has 1 saturated heterocycles. The molecule has 2 atom stereocenters. The molecule has 2 aromatic carbocycles. The van der Waals surface area contributed by atoms with Gasteiger partial charge in [0.1, 0.15) is 5.82 Å². The zero-order valence-electron chi connectivity index (χ0n) is 15.4. The van der Waals surface area contributed by atoms with E-state index in [1.165, 1.54) is 23.9 Å². The zero-order valence-corrected chi connectivity index (χ0v) is 17.0. The van der Waals surface area contributed by atoms with Gasteiger partial charge in [-0.25, -0.2) is 9.37 Å². The van der Waals surface area contributed by atoms with Crippen molar-refractivity contribution in [1.29, 1.82) is 0 Å². The average Bonchev–Trinajstić information content (AvgIpc) is 3.18. The Morgan fingerprint density at radius 3 is 2.82 bits per heavy atom. The summed E-state index contributed by atoms with van der Waals surface area (Å²) in [5, 5.41) is 1.70. The second kappa shape index (κ2) is 8.23. The molecule has 1 fully saturated rings. The number of hydrogen-bond acceptors (Lipinski definition) is 4. The van der Waals surface area contributed by atoms with Gasteiger partial charge in [0.25, 0.3) is 5.56 Å². The molecule has 4 nitrogen and oxygen atoms in total. The summed E-state index contributed by atoms with van der Waals surface area (Å²) in [7, 11) is 0. The number of fused-ring (bicyclic) bond motifs is 1. The molecule has 0 unspecified atom stereocenters. The Hall–Kier alpha value is -1.89. The van der Waals surface area contributed by atoms with Crippen LogP contribution in [0.2, 0.25) is 5.02 Å². The van der Waals surface area contributed by atoms with Crippen molar-refractivity contribution >= 4 is 34.3 Å². The number of thioether (sulfide) groups is 1. The summed E-state index contributed by atoms with van der Waals surface area (Å²) in [6.07, 6.45) is 1.96. The van der Waals surface area contributed by atoms with Crippen LogP contribution in [0.25, 0.3) is 10.9 Å². The fourth-order valence-corrected chi connectivity index (χ4v) is 4.59. The predicted molar refractivity (Wildman–Crippen MR) is 111 cm³/mol. The van der Waals surface area contributed by atoms with Crippen molar-refractivity contribution in [2.75, 3.05) is 6.61 Å². The molecule has 2 heterocycles. The molecule has 1 aliphatic rings. The summed E-state index contributed by atoms with van der Waals surface area (Å²) in [5.41, 5.74) is 1.45. The minimum absolute atomic E-state index is 0.000111. The summed E-state index contributed by atoms with van der Waals surface area (Å²) in [5.74, 6) is -0.269. The molecule has 28 heavy (non-hydrogen) atoms. The first-order chi connectivity index (χ1) is 13.5. The smallest absolute Gasteiger partial charge is 0.262 e. The minimum atomic E-state index is -0.269. The first-order valence-electron chi connectivity index (χ1n) is 9.25. The summed E-state index contributed by atoms with van der Waals surface area (Å²) in [6.45, 7) is 3.22. The third kappa shape index (κ3) is 4.09. The molecule has 0 saturated carbocycles. The Morgan fingerprint density at radius 1 is 1.32 bits per heavy atom. The number of nitrogens with zero attached hydrogens (tertiary/aromatic N) is 2. The molecule has 146 valence electrons. The SMILES string of the molecule is C[C@H](Sc1nc2cc(Cl)ccc2c(=O)n1C[C@@H]1CCCO1)c1ccc(F)cc1. The molecule has 0 bridgehead atoms. The summed E-state index contributed by atoms with van der Waals surface area (Å²) >= 11 is 7.58. The van der Waals surface area contributed by atoms with E-state index in [9.17, 15) is 9.18 Å². The van der Waals surface area contributed by atoms with Crippen molar-refractivity contribution in [2.24, 2.45) is 0 Å². The van der Waals surface area contributed by atoms with E-state index < -0.39 is 0 Å². The highest BCUT2D eigenvalue weighted by Crippen LogP contribution is 2.34. The fourth-order valence-electron chi connectivity index (χ4n) is 3.38. The summed E-state index contributed by atoms with van der Waals surface area (Å²) < 4.78 is 20.7. The minimum Gasteiger partial charge on any atom is -0.376 e. The second-order valence-electron chi connectivity index (χ2n) is 6.92. The molecular weight excluding hydrogens is 399 g/mol. The maximum Gasteiger partial charge on any atom is 0.262 e. The van der Waals surface area contributed by atoms with Crippen LogP contribution in [0, 0.1) is 5.82 Å². The number of aromatic nitrogens is 2. The van der Waals surface area contributed by atoms with Crippen molar-refractivity contribution in [3.05, 3.63) is 69.2 Å². The predicted octanol–water partition coefficient (Wildman–Crippen LogP) is 5.22. The van der Waals surface area contributed by atoms with Crippen LogP contribution in [-0.4, -0.2) is 22.3 Å². The molecule has 1 aliphatic heterocycles. The van der Waals surface area contributed by atoms with Crippen LogP contribution in [0.1, 0.15) is 30.6 Å². The molecule has 0 spiro atoms. The Morgan fingerprint density at radius 2 is 2.11 bits per heavy atom. The molecule has 7 heteroatoms. The third-order valence-electron chi connectivity index (χ3n) is 4.91. The van der Waals surface area contributed by atoms with Gasteiger partial charge in [-0.05, 0) is 55.7 Å². The lowest BCUT2D eigenvalue weighted by Crippen LogP contribution is -2.29. The van der Waals surface area contributed by atoms with Crippen LogP contribution < -0.4 is 5.56 Å². The Balaban J connectivity index is 1.75. The van der Waals surface area contributed by atoms with Crippen molar-refractivity contribution in [3.63, 3.8) is 0 Å². The van der Waals surface area contributed by atoms with Crippen LogP contribution in [0.15, 0.2) is 52.4 Å².